The molecule has 1 atom stereocenters. The molecule has 2 aliphatic heterocycles. The molecule has 1 aromatic rings. The molecule has 22 heavy (non-hydrogen) atoms. The summed E-state index contributed by atoms with van der Waals surface area (Å²) in [6.45, 7) is 5.38. The maximum Gasteiger partial charge on any atom is 0.145 e. The van der Waals surface area contributed by atoms with Crippen molar-refractivity contribution in [2.75, 3.05) is 6.54 Å². The molecule has 4 rings (SSSR count). The molecule has 0 saturated heterocycles. The lowest BCUT2D eigenvalue weighted by molar-refractivity contribution is 0.0236. The first kappa shape index (κ1) is 14.0. The average Bonchev–Trinajstić information content (AvgIpc) is 3.26. The molecule has 0 amide bonds. The summed E-state index contributed by atoms with van der Waals surface area (Å²) in [6, 6.07) is 6.21. The second kappa shape index (κ2) is 5.21. The van der Waals surface area contributed by atoms with Gasteiger partial charge in [0, 0.05) is 18.3 Å². The first-order valence-electron chi connectivity index (χ1n) is 7.80. The minimum Gasteiger partial charge on any atom is -0.261 e. The van der Waals surface area contributed by atoms with Gasteiger partial charge in [0.1, 0.15) is 11.0 Å². The molecule has 114 valence electrons. The molecule has 1 saturated carbocycles. The van der Waals surface area contributed by atoms with Gasteiger partial charge in [0.15, 0.2) is 0 Å². The molecule has 0 aromatic carbocycles. The van der Waals surface area contributed by atoms with Gasteiger partial charge in [-0.3, -0.25) is 5.01 Å². The Labute approximate surface area is 135 Å². The first-order valence-corrected chi connectivity index (χ1v) is 8.18. The standard InChI is InChI=1S/C17H19ClN4/c1-11-10-15(14-4-3-5-16(18)19-14)20-17-8-9-21(22(11)17)12(2)13-6-7-13/h3-5,8,10,12-13H,6-7,9H2,1-2H3/t12-/m1/s1. The number of halogens is 1. The summed E-state index contributed by atoms with van der Waals surface area (Å²) in [4.78, 5) is 9.15. The highest BCUT2D eigenvalue weighted by Gasteiger charge is 2.38. The highest BCUT2D eigenvalue weighted by molar-refractivity contribution is 6.29. The number of hydrazine groups is 1. The van der Waals surface area contributed by atoms with Gasteiger partial charge in [-0.05, 0) is 56.9 Å². The van der Waals surface area contributed by atoms with Gasteiger partial charge >= 0.3 is 0 Å². The molecule has 0 N–H and O–H groups in total. The van der Waals surface area contributed by atoms with Crippen LogP contribution in [0.25, 0.3) is 0 Å². The van der Waals surface area contributed by atoms with Crippen LogP contribution in [0.5, 0.6) is 0 Å². The van der Waals surface area contributed by atoms with Crippen LogP contribution in [0.4, 0.5) is 0 Å². The van der Waals surface area contributed by atoms with Crippen molar-refractivity contribution in [3.63, 3.8) is 0 Å². The van der Waals surface area contributed by atoms with Gasteiger partial charge in [-0.15, -0.1) is 0 Å². The summed E-state index contributed by atoms with van der Waals surface area (Å²) in [5, 5.41) is 5.17. The van der Waals surface area contributed by atoms with E-state index in [4.69, 9.17) is 16.6 Å². The topological polar surface area (TPSA) is 31.7 Å². The molecule has 0 spiro atoms. The maximum atomic E-state index is 6.00. The van der Waals surface area contributed by atoms with Crippen LogP contribution < -0.4 is 0 Å². The van der Waals surface area contributed by atoms with E-state index >= 15 is 0 Å². The Balaban J connectivity index is 1.64. The van der Waals surface area contributed by atoms with Crippen molar-refractivity contribution in [3.8, 4) is 0 Å². The van der Waals surface area contributed by atoms with Gasteiger partial charge < -0.3 is 0 Å². The van der Waals surface area contributed by atoms with Crippen LogP contribution in [0.2, 0.25) is 5.15 Å². The summed E-state index contributed by atoms with van der Waals surface area (Å²) in [7, 11) is 0. The molecular weight excluding hydrogens is 296 g/mol. The summed E-state index contributed by atoms with van der Waals surface area (Å²) in [5.41, 5.74) is 2.88. The predicted molar refractivity (Wildman–Crippen MR) is 88.4 cm³/mol. The third-order valence-corrected chi connectivity index (χ3v) is 4.81. The molecule has 1 aromatic heterocycles. The fourth-order valence-electron chi connectivity index (χ4n) is 3.22. The van der Waals surface area contributed by atoms with Crippen molar-refractivity contribution in [1.29, 1.82) is 0 Å². The Kier molecular flexibility index (Phi) is 3.31. The van der Waals surface area contributed by atoms with Crippen LogP contribution in [0.3, 0.4) is 0 Å². The molecule has 5 heteroatoms. The van der Waals surface area contributed by atoms with Gasteiger partial charge in [0.2, 0.25) is 0 Å². The third-order valence-electron chi connectivity index (χ3n) is 4.60. The van der Waals surface area contributed by atoms with E-state index in [2.05, 4.69) is 41.0 Å². The zero-order valence-corrected chi connectivity index (χ0v) is 13.6. The van der Waals surface area contributed by atoms with Gasteiger partial charge in [-0.1, -0.05) is 17.7 Å². The number of hydrogen-bond donors (Lipinski definition) is 0. The fourth-order valence-corrected chi connectivity index (χ4v) is 3.38. The normalized spacial score (nSPS) is 22.9. The Morgan fingerprint density at radius 3 is 2.86 bits per heavy atom. The van der Waals surface area contributed by atoms with Gasteiger partial charge in [-0.2, -0.15) is 0 Å². The molecule has 0 radical (unpaired) electrons. The SMILES string of the molecule is CC1=CC(c2cccc(Cl)n2)=NC2=CCN([C@H](C)C3CC3)N12. The first-order chi connectivity index (χ1) is 10.6. The quantitative estimate of drug-likeness (QED) is 0.799. The zero-order chi connectivity index (χ0) is 15.3. The van der Waals surface area contributed by atoms with E-state index in [9.17, 15) is 0 Å². The van der Waals surface area contributed by atoms with Crippen molar-refractivity contribution < 1.29 is 0 Å². The number of pyridine rings is 1. The van der Waals surface area contributed by atoms with Crippen LogP contribution in [0, 0.1) is 5.92 Å². The number of nitrogens with zero attached hydrogens (tertiary/aromatic N) is 4. The monoisotopic (exact) mass is 314 g/mol. The summed E-state index contributed by atoms with van der Waals surface area (Å²) >= 11 is 6.00. The van der Waals surface area contributed by atoms with Crippen molar-refractivity contribution in [1.82, 2.24) is 15.0 Å². The molecule has 1 aliphatic carbocycles. The zero-order valence-electron chi connectivity index (χ0n) is 12.8. The average molecular weight is 315 g/mol. The number of fused-ring (bicyclic) bond motifs is 1. The largest absolute Gasteiger partial charge is 0.261 e. The van der Waals surface area contributed by atoms with Gasteiger partial charge in [-0.25, -0.2) is 15.0 Å². The van der Waals surface area contributed by atoms with E-state index in [0.29, 0.717) is 11.2 Å². The summed E-state index contributed by atoms with van der Waals surface area (Å²) < 4.78 is 0. The van der Waals surface area contributed by atoms with Crippen LogP contribution in [-0.4, -0.2) is 33.3 Å². The number of hydrogen-bond acceptors (Lipinski definition) is 4. The molecular formula is C17H19ClN4. The minimum atomic E-state index is 0.498. The second-order valence-corrected chi connectivity index (χ2v) is 6.59. The Hall–Kier alpha value is -1.65. The number of allylic oxidation sites excluding steroid dienone is 2. The number of aliphatic imine (C=N–C) groups is 1. The number of rotatable bonds is 3. The summed E-state index contributed by atoms with van der Waals surface area (Å²) in [6.07, 6.45) is 6.99. The Morgan fingerprint density at radius 1 is 1.32 bits per heavy atom. The van der Waals surface area contributed by atoms with Crippen molar-refractivity contribution >= 4 is 17.3 Å². The van der Waals surface area contributed by atoms with Gasteiger partial charge in [0.25, 0.3) is 0 Å². The van der Waals surface area contributed by atoms with Crippen LogP contribution >= 0.6 is 11.6 Å². The highest BCUT2D eigenvalue weighted by atomic mass is 35.5. The lowest BCUT2D eigenvalue weighted by Gasteiger charge is -2.37. The predicted octanol–water partition coefficient (Wildman–Crippen LogP) is 3.61. The van der Waals surface area contributed by atoms with E-state index in [0.717, 1.165) is 29.7 Å². The van der Waals surface area contributed by atoms with E-state index in [1.807, 2.05) is 12.1 Å². The summed E-state index contributed by atoms with van der Waals surface area (Å²) in [5.74, 6) is 1.84. The van der Waals surface area contributed by atoms with Crippen molar-refractivity contribution in [3.05, 3.63) is 52.7 Å². The molecule has 0 unspecified atom stereocenters. The molecule has 0 bridgehead atoms. The third kappa shape index (κ3) is 2.36. The highest BCUT2D eigenvalue weighted by Crippen LogP contribution is 2.39. The van der Waals surface area contributed by atoms with Crippen LogP contribution in [-0.2, 0) is 0 Å². The van der Waals surface area contributed by atoms with E-state index in [-0.39, 0.29) is 0 Å². The number of aromatic nitrogens is 1. The smallest absolute Gasteiger partial charge is 0.145 e. The molecule has 1 fully saturated rings. The van der Waals surface area contributed by atoms with E-state index < -0.39 is 0 Å². The van der Waals surface area contributed by atoms with Crippen LogP contribution in [0.15, 0.2) is 46.9 Å². The van der Waals surface area contributed by atoms with Gasteiger partial charge in [0.05, 0.1) is 11.4 Å². The van der Waals surface area contributed by atoms with Crippen molar-refractivity contribution in [2.45, 2.75) is 32.7 Å². The lowest BCUT2D eigenvalue weighted by Crippen LogP contribution is -2.44. The molecule has 3 aliphatic rings. The molecule has 3 heterocycles. The lowest BCUT2D eigenvalue weighted by atomic mass is 10.2. The maximum absolute atomic E-state index is 6.00. The Morgan fingerprint density at radius 2 is 2.14 bits per heavy atom. The van der Waals surface area contributed by atoms with E-state index in [1.165, 1.54) is 18.5 Å². The minimum absolute atomic E-state index is 0.498. The fraction of sp³-hybridized carbons (Fsp3) is 0.412. The van der Waals surface area contributed by atoms with E-state index in [1.54, 1.807) is 6.07 Å². The molecule has 4 nitrogen and oxygen atoms in total. The van der Waals surface area contributed by atoms with Crippen molar-refractivity contribution in [2.24, 2.45) is 10.9 Å². The van der Waals surface area contributed by atoms with Crippen LogP contribution in [0.1, 0.15) is 32.4 Å². The Bertz CT molecular complexity index is 702. The second-order valence-electron chi connectivity index (χ2n) is 6.20.